The molecule has 17 heteroatoms. The average Bonchev–Trinajstić information content (AvgIpc) is 2.23. The van der Waals surface area contributed by atoms with E-state index in [4.69, 9.17) is 0 Å². The molecule has 0 amide bonds. The second kappa shape index (κ2) is 5.42. The number of alkyl halides is 16. The third kappa shape index (κ3) is 3.30. The summed E-state index contributed by atoms with van der Waals surface area (Å²) in [5.74, 6) is -24.2. The minimum Gasteiger partial charge on any atom is -0.243 e. The third-order valence-electron chi connectivity index (χ3n) is 2.10. The summed E-state index contributed by atoms with van der Waals surface area (Å²) in [6, 6.07) is 0. The van der Waals surface area contributed by atoms with Crippen LogP contribution in [0.4, 0.5) is 70.2 Å². The van der Waals surface area contributed by atoms with Crippen LogP contribution in [0.1, 0.15) is 0 Å². The highest BCUT2D eigenvalue weighted by molar-refractivity contribution is 5.04. The molecule has 0 aromatic rings. The molecule has 0 radical (unpaired) electrons. The van der Waals surface area contributed by atoms with Crippen LogP contribution < -0.4 is 0 Å². The zero-order chi connectivity index (χ0) is 20.2. The van der Waals surface area contributed by atoms with Crippen LogP contribution in [0.3, 0.4) is 0 Å². The Bertz CT molecular complexity index is 454. The first-order valence-corrected chi connectivity index (χ1v) is 4.68. The van der Waals surface area contributed by atoms with E-state index in [1.165, 1.54) is 0 Å². The summed E-state index contributed by atoms with van der Waals surface area (Å²) in [7, 11) is 0. The zero-order valence-electron chi connectivity index (χ0n) is 9.96. The van der Waals surface area contributed by atoms with Gasteiger partial charge in [-0.15, -0.1) is 0 Å². The van der Waals surface area contributed by atoms with Gasteiger partial charge < -0.3 is 0 Å². The van der Waals surface area contributed by atoms with E-state index >= 15 is 0 Å². The minimum absolute atomic E-state index is 1.13. The van der Waals surface area contributed by atoms with Crippen molar-refractivity contribution < 1.29 is 75.0 Å². The van der Waals surface area contributed by atoms with E-state index in [0.717, 1.165) is 4.74 Å². The fourth-order valence-electron chi connectivity index (χ4n) is 0.841. The molecule has 0 spiro atoms. The summed E-state index contributed by atoms with van der Waals surface area (Å²) in [6.45, 7) is 0. The molecule has 0 saturated heterocycles. The summed E-state index contributed by atoms with van der Waals surface area (Å²) in [4.78, 5) is 0. The second-order valence-corrected chi connectivity index (χ2v) is 3.85. The van der Waals surface area contributed by atoms with E-state index in [2.05, 4.69) is 0 Å². The van der Waals surface area contributed by atoms with Crippen LogP contribution in [0, 0.1) is 0 Å². The van der Waals surface area contributed by atoms with Gasteiger partial charge in [-0.05, 0) is 0 Å². The molecule has 0 fully saturated rings. The molecule has 24 heavy (non-hydrogen) atoms. The van der Waals surface area contributed by atoms with Crippen LogP contribution in [-0.2, 0) is 4.74 Å². The molecule has 0 aliphatic rings. The largest absolute Gasteiger partial charge is 0.483 e. The Morgan fingerprint density at radius 2 is 0.667 bits per heavy atom. The van der Waals surface area contributed by atoms with Gasteiger partial charge in [0, 0.05) is 0 Å². The summed E-state index contributed by atoms with van der Waals surface area (Å²) in [5, 5.41) is 0. The molecule has 146 valence electrons. The van der Waals surface area contributed by atoms with Crippen molar-refractivity contribution in [2.75, 3.05) is 0 Å². The van der Waals surface area contributed by atoms with Crippen LogP contribution in [0.25, 0.3) is 0 Å². The van der Waals surface area contributed by atoms with Crippen molar-refractivity contribution >= 4 is 0 Å². The molecule has 0 aliphatic heterocycles. The van der Waals surface area contributed by atoms with Gasteiger partial charge in [-0.1, -0.05) is 0 Å². The lowest BCUT2D eigenvalue weighted by Crippen LogP contribution is -2.68. The normalized spacial score (nSPS) is 16.5. The van der Waals surface area contributed by atoms with Crippen molar-refractivity contribution in [3.63, 3.8) is 0 Å². The first-order valence-electron chi connectivity index (χ1n) is 4.68. The van der Waals surface area contributed by atoms with Crippen LogP contribution in [0.15, 0.2) is 0 Å². The van der Waals surface area contributed by atoms with Gasteiger partial charge in [-0.25, -0.2) is 4.74 Å². The van der Waals surface area contributed by atoms with E-state index in [9.17, 15) is 70.2 Å². The summed E-state index contributed by atoms with van der Waals surface area (Å²) >= 11 is 0. The Kier molecular flexibility index (Phi) is 5.16. The first kappa shape index (κ1) is 22.8. The highest BCUT2D eigenvalue weighted by atomic mass is 19.4. The Hall–Kier alpha value is -1.16. The third-order valence-corrected chi connectivity index (χ3v) is 2.10. The maximum Gasteiger partial charge on any atom is 0.483 e. The molecular weight excluding hydrogens is 404 g/mol. The van der Waals surface area contributed by atoms with E-state index in [1.54, 1.807) is 0 Å². The summed E-state index contributed by atoms with van der Waals surface area (Å²) < 4.78 is 194. The number of hydrogen-bond acceptors (Lipinski definition) is 1. The number of halogens is 16. The number of hydrogen-bond donors (Lipinski definition) is 0. The number of rotatable bonds is 5. The van der Waals surface area contributed by atoms with Crippen molar-refractivity contribution in [2.24, 2.45) is 0 Å². The highest BCUT2D eigenvalue weighted by Gasteiger charge is 2.89. The zero-order valence-corrected chi connectivity index (χ0v) is 9.96. The molecule has 1 nitrogen and oxygen atoms in total. The van der Waals surface area contributed by atoms with Crippen LogP contribution >= 0.6 is 0 Å². The SMILES string of the molecule is FC(F)(F)C(F)(F)OC(F)(F)C(F)(F)C(F)(F)C(F)(F)C(F)(F)F. The van der Waals surface area contributed by atoms with Gasteiger partial charge in [0.2, 0.25) is 0 Å². The van der Waals surface area contributed by atoms with Crippen LogP contribution in [-0.4, -0.2) is 42.3 Å². The molecule has 0 rings (SSSR count). The fourth-order valence-corrected chi connectivity index (χ4v) is 0.841. The van der Waals surface area contributed by atoms with E-state index in [1.807, 2.05) is 0 Å². The van der Waals surface area contributed by atoms with Gasteiger partial charge in [0.25, 0.3) is 0 Å². The summed E-state index contributed by atoms with van der Waals surface area (Å²) in [5.41, 5.74) is 0. The molecular formula is C7F16O. The Balaban J connectivity index is 6.04. The smallest absolute Gasteiger partial charge is 0.243 e. The Labute approximate surface area is 119 Å². The van der Waals surface area contributed by atoms with Gasteiger partial charge in [0.1, 0.15) is 0 Å². The minimum atomic E-state index is -8.16. The standard InChI is InChI=1S/C7F16O/c8-1(9,2(10,11)4(14,15)16)3(12,13)6(20,21)24-7(22,23)5(17,18)19. The lowest BCUT2D eigenvalue weighted by molar-refractivity contribution is -0.516. The highest BCUT2D eigenvalue weighted by Crippen LogP contribution is 2.58. The maximum atomic E-state index is 12.6. The van der Waals surface area contributed by atoms with Crippen molar-refractivity contribution in [1.82, 2.24) is 0 Å². The van der Waals surface area contributed by atoms with Gasteiger partial charge in [-0.2, -0.15) is 70.2 Å². The van der Waals surface area contributed by atoms with E-state index in [-0.39, 0.29) is 0 Å². The number of ether oxygens (including phenoxy) is 1. The molecule has 0 saturated carbocycles. The first-order chi connectivity index (χ1) is 9.96. The molecule has 0 aromatic heterocycles. The predicted molar refractivity (Wildman–Crippen MR) is 37.9 cm³/mol. The van der Waals surface area contributed by atoms with Crippen LogP contribution in [0.2, 0.25) is 0 Å². The van der Waals surface area contributed by atoms with Crippen molar-refractivity contribution in [1.29, 1.82) is 0 Å². The van der Waals surface area contributed by atoms with Gasteiger partial charge in [-0.3, -0.25) is 0 Å². The lowest BCUT2D eigenvalue weighted by Gasteiger charge is -2.37. The quantitative estimate of drug-likeness (QED) is 0.572. The predicted octanol–water partition coefficient (Wildman–Crippen LogP) is 5.22. The van der Waals surface area contributed by atoms with Crippen molar-refractivity contribution in [3.05, 3.63) is 0 Å². The van der Waals surface area contributed by atoms with Crippen molar-refractivity contribution in [3.8, 4) is 0 Å². The Morgan fingerprint density at radius 3 is 0.917 bits per heavy atom. The molecule has 0 aliphatic carbocycles. The lowest BCUT2D eigenvalue weighted by atomic mass is 10.0. The molecule has 0 heterocycles. The molecule has 0 atom stereocenters. The molecule has 0 N–H and O–H groups in total. The summed E-state index contributed by atoms with van der Waals surface area (Å²) in [6.07, 6.45) is -29.9. The van der Waals surface area contributed by atoms with Crippen LogP contribution in [0.5, 0.6) is 0 Å². The maximum absolute atomic E-state index is 12.6. The fraction of sp³-hybridized carbons (Fsp3) is 1.00. The van der Waals surface area contributed by atoms with Gasteiger partial charge >= 0.3 is 42.3 Å². The molecule has 0 aromatic carbocycles. The van der Waals surface area contributed by atoms with Crippen molar-refractivity contribution in [2.45, 2.75) is 42.3 Å². The molecule has 0 bridgehead atoms. The molecule has 0 unspecified atom stereocenters. The Morgan fingerprint density at radius 1 is 0.333 bits per heavy atom. The average molecular weight is 404 g/mol. The van der Waals surface area contributed by atoms with E-state index < -0.39 is 42.3 Å². The van der Waals surface area contributed by atoms with Gasteiger partial charge in [0.15, 0.2) is 0 Å². The van der Waals surface area contributed by atoms with E-state index in [0.29, 0.717) is 0 Å². The second-order valence-electron chi connectivity index (χ2n) is 3.85. The van der Waals surface area contributed by atoms with Gasteiger partial charge in [0.05, 0.1) is 0 Å². The topological polar surface area (TPSA) is 9.23 Å². The monoisotopic (exact) mass is 404 g/mol.